The minimum atomic E-state index is 0.633. The van der Waals surface area contributed by atoms with Gasteiger partial charge < -0.3 is 4.90 Å². The molecule has 0 unspecified atom stereocenters. The summed E-state index contributed by atoms with van der Waals surface area (Å²) in [5.74, 6) is 1.63. The maximum absolute atomic E-state index is 4.53. The molecule has 0 aliphatic heterocycles. The highest BCUT2D eigenvalue weighted by Crippen LogP contribution is 2.18. The third-order valence-corrected chi connectivity index (χ3v) is 2.90. The van der Waals surface area contributed by atoms with E-state index in [1.807, 2.05) is 0 Å². The second-order valence-electron chi connectivity index (χ2n) is 3.76. The largest absolute Gasteiger partial charge is 0.347 e. The lowest BCUT2D eigenvalue weighted by molar-refractivity contribution is 0.626. The molecule has 0 atom stereocenters. The molecule has 1 heterocycles. The van der Waals surface area contributed by atoms with E-state index in [4.69, 9.17) is 0 Å². The Morgan fingerprint density at radius 3 is 2.43 bits per heavy atom. The van der Waals surface area contributed by atoms with E-state index < -0.39 is 0 Å². The van der Waals surface area contributed by atoms with Crippen molar-refractivity contribution in [3.8, 4) is 0 Å². The normalized spacial score (nSPS) is 10.9. The summed E-state index contributed by atoms with van der Waals surface area (Å²) in [6, 6.07) is 0. The van der Waals surface area contributed by atoms with Gasteiger partial charge in [-0.05, 0) is 19.8 Å². The smallest absolute Gasteiger partial charge is 0.205 e. The van der Waals surface area contributed by atoms with Gasteiger partial charge in [0, 0.05) is 31.0 Å². The quantitative estimate of drug-likeness (QED) is 0.753. The van der Waals surface area contributed by atoms with Gasteiger partial charge in [-0.2, -0.15) is 4.37 Å². The molecule has 1 aromatic rings. The second-order valence-corrected chi connectivity index (χ2v) is 4.49. The van der Waals surface area contributed by atoms with Crippen LogP contribution in [0.2, 0.25) is 0 Å². The van der Waals surface area contributed by atoms with Crippen LogP contribution in [0.15, 0.2) is 0 Å². The number of nitrogens with zero attached hydrogens (tertiary/aromatic N) is 3. The molecule has 0 fully saturated rings. The first-order chi connectivity index (χ1) is 6.67. The van der Waals surface area contributed by atoms with Crippen molar-refractivity contribution < 1.29 is 0 Å². The van der Waals surface area contributed by atoms with E-state index >= 15 is 0 Å². The highest BCUT2D eigenvalue weighted by Gasteiger charge is 2.09. The molecule has 1 aromatic heterocycles. The molecular weight excluding hydrogens is 194 g/mol. The molecule has 0 N–H and O–H groups in total. The van der Waals surface area contributed by atoms with Crippen molar-refractivity contribution in [2.24, 2.45) is 5.92 Å². The minimum absolute atomic E-state index is 0.633. The highest BCUT2D eigenvalue weighted by molar-refractivity contribution is 7.09. The van der Waals surface area contributed by atoms with Gasteiger partial charge in [0.05, 0.1) is 0 Å². The van der Waals surface area contributed by atoms with Gasteiger partial charge in [-0.1, -0.05) is 13.8 Å². The van der Waals surface area contributed by atoms with Crippen molar-refractivity contribution in [3.63, 3.8) is 0 Å². The monoisotopic (exact) mass is 213 g/mol. The van der Waals surface area contributed by atoms with Crippen LogP contribution in [-0.4, -0.2) is 22.4 Å². The van der Waals surface area contributed by atoms with E-state index in [0.717, 1.165) is 30.5 Å². The van der Waals surface area contributed by atoms with Gasteiger partial charge in [-0.15, -0.1) is 0 Å². The van der Waals surface area contributed by atoms with Crippen LogP contribution in [0.4, 0.5) is 5.13 Å². The zero-order valence-corrected chi connectivity index (χ0v) is 10.3. The van der Waals surface area contributed by atoms with Gasteiger partial charge in [0.25, 0.3) is 0 Å². The van der Waals surface area contributed by atoms with Crippen LogP contribution in [0.25, 0.3) is 0 Å². The number of rotatable bonds is 5. The van der Waals surface area contributed by atoms with Crippen molar-refractivity contribution >= 4 is 16.7 Å². The van der Waals surface area contributed by atoms with E-state index in [-0.39, 0.29) is 0 Å². The fourth-order valence-corrected chi connectivity index (χ4v) is 2.14. The van der Waals surface area contributed by atoms with Crippen molar-refractivity contribution in [1.82, 2.24) is 9.36 Å². The van der Waals surface area contributed by atoms with Crippen molar-refractivity contribution in [2.75, 3.05) is 18.0 Å². The topological polar surface area (TPSA) is 29.0 Å². The number of hydrogen-bond acceptors (Lipinski definition) is 4. The lowest BCUT2D eigenvalue weighted by Gasteiger charge is -2.15. The molecule has 0 radical (unpaired) electrons. The second kappa shape index (κ2) is 5.29. The summed E-state index contributed by atoms with van der Waals surface area (Å²) in [6.07, 6.45) is 0.984. The molecule has 0 aromatic carbocycles. The van der Waals surface area contributed by atoms with Gasteiger partial charge in [0.2, 0.25) is 5.13 Å². The van der Waals surface area contributed by atoms with Crippen molar-refractivity contribution in [3.05, 3.63) is 5.82 Å². The van der Waals surface area contributed by atoms with E-state index in [1.165, 1.54) is 11.5 Å². The van der Waals surface area contributed by atoms with E-state index in [0.29, 0.717) is 5.92 Å². The Morgan fingerprint density at radius 2 is 1.93 bits per heavy atom. The van der Waals surface area contributed by atoms with Gasteiger partial charge in [-0.25, -0.2) is 4.98 Å². The number of aromatic nitrogens is 2. The lowest BCUT2D eigenvalue weighted by Crippen LogP contribution is -2.21. The molecule has 0 aliphatic rings. The van der Waals surface area contributed by atoms with Gasteiger partial charge in [-0.3, -0.25) is 0 Å². The summed E-state index contributed by atoms with van der Waals surface area (Å²) >= 11 is 1.51. The lowest BCUT2D eigenvalue weighted by atomic mass is 10.1. The molecule has 3 nitrogen and oxygen atoms in total. The van der Waals surface area contributed by atoms with Crippen LogP contribution >= 0.6 is 11.5 Å². The van der Waals surface area contributed by atoms with Crippen LogP contribution in [0.1, 0.15) is 33.5 Å². The Balaban J connectivity index is 2.66. The Labute approximate surface area is 90.3 Å². The summed E-state index contributed by atoms with van der Waals surface area (Å²) in [5, 5.41) is 1.06. The maximum Gasteiger partial charge on any atom is 0.205 e. The van der Waals surface area contributed by atoms with Crippen molar-refractivity contribution in [1.29, 1.82) is 0 Å². The zero-order chi connectivity index (χ0) is 10.6. The summed E-state index contributed by atoms with van der Waals surface area (Å²) < 4.78 is 4.36. The van der Waals surface area contributed by atoms with E-state index in [2.05, 4.69) is 42.0 Å². The summed E-state index contributed by atoms with van der Waals surface area (Å²) in [5.41, 5.74) is 0. The molecule has 0 amide bonds. The van der Waals surface area contributed by atoms with E-state index in [1.54, 1.807) is 0 Å². The first kappa shape index (κ1) is 11.4. The van der Waals surface area contributed by atoms with Crippen molar-refractivity contribution in [2.45, 2.75) is 34.1 Å². The fraction of sp³-hybridized carbons (Fsp3) is 0.800. The molecule has 1 rings (SSSR count). The third kappa shape index (κ3) is 2.94. The van der Waals surface area contributed by atoms with Crippen LogP contribution < -0.4 is 4.90 Å². The molecule has 0 spiro atoms. The van der Waals surface area contributed by atoms with Gasteiger partial charge in [0.15, 0.2) is 0 Å². The Kier molecular flexibility index (Phi) is 4.32. The fourth-order valence-electron chi connectivity index (χ4n) is 1.32. The standard InChI is InChI=1S/C10H19N3S/c1-5-13(6-2)10-11-9(12-14-10)7-8(3)4/h8H,5-7H2,1-4H3. The molecule has 14 heavy (non-hydrogen) atoms. The Hall–Kier alpha value is -0.640. The predicted molar refractivity (Wildman–Crippen MR) is 62.0 cm³/mol. The third-order valence-electron chi connectivity index (χ3n) is 2.08. The molecule has 0 saturated heterocycles. The first-order valence-corrected chi connectivity index (χ1v) is 6.02. The molecule has 4 heteroatoms. The predicted octanol–water partition coefficient (Wildman–Crippen LogP) is 2.58. The maximum atomic E-state index is 4.53. The van der Waals surface area contributed by atoms with Gasteiger partial charge >= 0.3 is 0 Å². The molecule has 0 bridgehead atoms. The summed E-state index contributed by atoms with van der Waals surface area (Å²) in [7, 11) is 0. The first-order valence-electron chi connectivity index (χ1n) is 5.24. The zero-order valence-electron chi connectivity index (χ0n) is 9.45. The highest BCUT2D eigenvalue weighted by atomic mass is 32.1. The summed E-state index contributed by atoms with van der Waals surface area (Å²) in [6.45, 7) is 10.7. The van der Waals surface area contributed by atoms with Crippen LogP contribution in [0, 0.1) is 5.92 Å². The number of anilines is 1. The van der Waals surface area contributed by atoms with Crippen LogP contribution in [0.5, 0.6) is 0 Å². The molecular formula is C10H19N3S. The SMILES string of the molecule is CCN(CC)c1nc(CC(C)C)ns1. The Bertz CT molecular complexity index is 266. The van der Waals surface area contributed by atoms with Crippen LogP contribution in [0.3, 0.4) is 0 Å². The molecule has 0 saturated carbocycles. The van der Waals surface area contributed by atoms with Crippen LogP contribution in [-0.2, 0) is 6.42 Å². The average Bonchev–Trinajstić information content (AvgIpc) is 2.54. The average molecular weight is 213 g/mol. The van der Waals surface area contributed by atoms with E-state index in [9.17, 15) is 0 Å². The minimum Gasteiger partial charge on any atom is -0.347 e. The Morgan fingerprint density at radius 1 is 1.29 bits per heavy atom. The van der Waals surface area contributed by atoms with Gasteiger partial charge in [0.1, 0.15) is 5.82 Å². The molecule has 80 valence electrons. The molecule has 0 aliphatic carbocycles. The number of hydrogen-bond donors (Lipinski definition) is 0. The summed E-state index contributed by atoms with van der Waals surface area (Å²) in [4.78, 5) is 6.76.